The van der Waals surface area contributed by atoms with Gasteiger partial charge in [0, 0.05) is 5.41 Å². The summed E-state index contributed by atoms with van der Waals surface area (Å²) >= 11 is 0. The van der Waals surface area contributed by atoms with Crippen molar-refractivity contribution in [3.05, 3.63) is 12.2 Å². The minimum Gasteiger partial charge on any atom is -0.457 e. The smallest absolute Gasteiger partial charge is 0.307 e. The van der Waals surface area contributed by atoms with Crippen molar-refractivity contribution >= 4 is 5.97 Å². The zero-order valence-corrected chi connectivity index (χ0v) is 5.96. The topological polar surface area (TPSA) is 26.3 Å². The number of hydrogen-bond donors (Lipinski definition) is 0. The van der Waals surface area contributed by atoms with Gasteiger partial charge >= 0.3 is 5.97 Å². The summed E-state index contributed by atoms with van der Waals surface area (Å²) in [6.07, 6.45) is 5.73. The van der Waals surface area contributed by atoms with E-state index in [9.17, 15) is 4.79 Å². The van der Waals surface area contributed by atoms with Gasteiger partial charge in [-0.15, -0.1) is 0 Å². The summed E-state index contributed by atoms with van der Waals surface area (Å²) in [7, 11) is 0. The number of carbonyl (C=O) groups excluding carboxylic acids is 1. The largest absolute Gasteiger partial charge is 0.457 e. The van der Waals surface area contributed by atoms with Crippen LogP contribution in [0.1, 0.15) is 19.8 Å². The van der Waals surface area contributed by atoms with Crippen molar-refractivity contribution in [3.63, 3.8) is 0 Å². The monoisotopic (exact) mass is 138 g/mol. The number of rotatable bonds is 0. The van der Waals surface area contributed by atoms with Gasteiger partial charge < -0.3 is 4.74 Å². The van der Waals surface area contributed by atoms with Crippen LogP contribution in [0, 0.1) is 5.41 Å². The summed E-state index contributed by atoms with van der Waals surface area (Å²) in [5.41, 5.74) is 0.0943. The molecule has 1 aliphatic carbocycles. The van der Waals surface area contributed by atoms with Gasteiger partial charge in [0.15, 0.2) is 0 Å². The molecule has 1 heterocycles. The third-order valence-electron chi connectivity index (χ3n) is 2.39. The van der Waals surface area contributed by atoms with Crippen molar-refractivity contribution in [1.82, 2.24) is 0 Å². The second kappa shape index (κ2) is 1.62. The van der Waals surface area contributed by atoms with Crippen LogP contribution in [0.15, 0.2) is 12.2 Å². The minimum absolute atomic E-state index is 0.0446. The van der Waals surface area contributed by atoms with Crippen LogP contribution in [0.5, 0.6) is 0 Å². The third-order valence-corrected chi connectivity index (χ3v) is 2.39. The lowest BCUT2D eigenvalue weighted by Crippen LogP contribution is -2.20. The average molecular weight is 138 g/mol. The molecule has 2 aliphatic rings. The number of ether oxygens (including phenoxy) is 1. The molecule has 1 saturated heterocycles. The quantitative estimate of drug-likeness (QED) is 0.372. The Labute approximate surface area is 59.9 Å². The van der Waals surface area contributed by atoms with E-state index in [1.807, 2.05) is 6.08 Å². The molecule has 2 atom stereocenters. The first-order valence-electron chi connectivity index (χ1n) is 3.57. The molecule has 2 nitrogen and oxygen atoms in total. The van der Waals surface area contributed by atoms with E-state index < -0.39 is 0 Å². The summed E-state index contributed by atoms with van der Waals surface area (Å²) < 4.78 is 5.06. The Morgan fingerprint density at radius 1 is 1.80 bits per heavy atom. The van der Waals surface area contributed by atoms with Crippen molar-refractivity contribution in [1.29, 1.82) is 0 Å². The lowest BCUT2D eigenvalue weighted by atomic mass is 9.84. The van der Waals surface area contributed by atoms with E-state index in [4.69, 9.17) is 4.74 Å². The van der Waals surface area contributed by atoms with Crippen LogP contribution in [0.25, 0.3) is 0 Å². The molecular weight excluding hydrogens is 128 g/mol. The average Bonchev–Trinajstić information content (AvgIpc) is 2.20. The highest BCUT2D eigenvalue weighted by molar-refractivity contribution is 5.73. The first kappa shape index (κ1) is 5.96. The van der Waals surface area contributed by atoms with E-state index in [-0.39, 0.29) is 17.5 Å². The Morgan fingerprint density at radius 3 is 3.30 bits per heavy atom. The third kappa shape index (κ3) is 0.618. The Hall–Kier alpha value is -0.790. The molecule has 0 aromatic rings. The van der Waals surface area contributed by atoms with Gasteiger partial charge in [0.1, 0.15) is 6.10 Å². The predicted molar refractivity (Wildman–Crippen MR) is 36.4 cm³/mol. The van der Waals surface area contributed by atoms with Gasteiger partial charge in [-0.05, 0) is 12.5 Å². The Kier molecular flexibility index (Phi) is 0.967. The van der Waals surface area contributed by atoms with E-state index >= 15 is 0 Å². The number of allylic oxidation sites excluding steroid dienone is 1. The number of hydrogen-bond acceptors (Lipinski definition) is 2. The SMILES string of the molecule is C[C@]12CC=C[C@@H]1OC(=O)C2. The maximum Gasteiger partial charge on any atom is 0.307 e. The fraction of sp³-hybridized carbons (Fsp3) is 0.625. The van der Waals surface area contributed by atoms with Gasteiger partial charge in [-0.1, -0.05) is 13.0 Å². The van der Waals surface area contributed by atoms with Crippen molar-refractivity contribution in [2.45, 2.75) is 25.9 Å². The summed E-state index contributed by atoms with van der Waals surface area (Å²) in [5.74, 6) is -0.0446. The van der Waals surface area contributed by atoms with Gasteiger partial charge in [-0.3, -0.25) is 4.79 Å². The van der Waals surface area contributed by atoms with Gasteiger partial charge in [0.05, 0.1) is 6.42 Å². The summed E-state index contributed by atoms with van der Waals surface area (Å²) in [6, 6.07) is 0. The molecule has 2 rings (SSSR count). The van der Waals surface area contributed by atoms with E-state index in [1.165, 1.54) is 0 Å². The van der Waals surface area contributed by atoms with Crippen molar-refractivity contribution in [2.24, 2.45) is 5.41 Å². The molecule has 10 heavy (non-hydrogen) atoms. The Bertz CT molecular complexity index is 207. The van der Waals surface area contributed by atoms with Crippen molar-refractivity contribution in [3.8, 4) is 0 Å². The number of esters is 1. The molecule has 0 aromatic heterocycles. The van der Waals surface area contributed by atoms with Crippen LogP contribution in [0.2, 0.25) is 0 Å². The molecular formula is C8H10O2. The van der Waals surface area contributed by atoms with Gasteiger partial charge in [0.25, 0.3) is 0 Å². The van der Waals surface area contributed by atoms with E-state index in [0.29, 0.717) is 6.42 Å². The first-order chi connectivity index (χ1) is 4.71. The molecule has 1 aliphatic heterocycles. The zero-order valence-electron chi connectivity index (χ0n) is 5.96. The highest BCUT2D eigenvalue weighted by Gasteiger charge is 2.45. The van der Waals surface area contributed by atoms with Gasteiger partial charge in [0.2, 0.25) is 0 Å². The van der Waals surface area contributed by atoms with Crippen LogP contribution in [-0.4, -0.2) is 12.1 Å². The molecule has 0 unspecified atom stereocenters. The predicted octanol–water partition coefficient (Wildman–Crippen LogP) is 1.27. The molecule has 54 valence electrons. The molecule has 0 bridgehead atoms. The van der Waals surface area contributed by atoms with E-state index in [0.717, 1.165) is 6.42 Å². The molecule has 0 radical (unpaired) electrons. The molecule has 1 fully saturated rings. The molecule has 0 N–H and O–H groups in total. The molecule has 0 amide bonds. The second-order valence-electron chi connectivity index (χ2n) is 3.37. The van der Waals surface area contributed by atoms with Crippen LogP contribution >= 0.6 is 0 Å². The van der Waals surface area contributed by atoms with E-state index in [1.54, 1.807) is 0 Å². The minimum atomic E-state index is -0.0446. The molecule has 2 heteroatoms. The second-order valence-corrected chi connectivity index (χ2v) is 3.37. The molecule has 0 aromatic carbocycles. The van der Waals surface area contributed by atoms with Crippen LogP contribution in [0.3, 0.4) is 0 Å². The summed E-state index contributed by atoms with van der Waals surface area (Å²) in [5, 5.41) is 0. The first-order valence-corrected chi connectivity index (χ1v) is 3.57. The van der Waals surface area contributed by atoms with Crippen LogP contribution in [-0.2, 0) is 9.53 Å². The highest BCUT2D eigenvalue weighted by atomic mass is 16.6. The fourth-order valence-electron chi connectivity index (χ4n) is 1.68. The maximum absolute atomic E-state index is 10.8. The van der Waals surface area contributed by atoms with Gasteiger partial charge in [-0.25, -0.2) is 0 Å². The van der Waals surface area contributed by atoms with Crippen LogP contribution in [0.4, 0.5) is 0 Å². The normalized spacial score (nSPS) is 43.7. The number of carbonyl (C=O) groups is 1. The standard InChI is InChI=1S/C8H10O2/c1-8-4-2-3-6(8)10-7(9)5-8/h2-3,6H,4-5H2,1H3/t6-,8+/m0/s1. The van der Waals surface area contributed by atoms with Crippen molar-refractivity contribution < 1.29 is 9.53 Å². The van der Waals surface area contributed by atoms with Crippen molar-refractivity contribution in [2.75, 3.05) is 0 Å². The summed E-state index contributed by atoms with van der Waals surface area (Å²) in [6.45, 7) is 2.10. The molecule has 0 saturated carbocycles. The zero-order chi connectivity index (χ0) is 7.19. The lowest BCUT2D eigenvalue weighted by Gasteiger charge is -2.18. The van der Waals surface area contributed by atoms with E-state index in [2.05, 4.69) is 13.0 Å². The number of fused-ring (bicyclic) bond motifs is 1. The highest BCUT2D eigenvalue weighted by Crippen LogP contribution is 2.43. The summed E-state index contributed by atoms with van der Waals surface area (Å²) in [4.78, 5) is 10.8. The fourth-order valence-corrected chi connectivity index (χ4v) is 1.68. The lowest BCUT2D eigenvalue weighted by molar-refractivity contribution is -0.140. The molecule has 0 spiro atoms. The maximum atomic E-state index is 10.8. The van der Waals surface area contributed by atoms with Gasteiger partial charge in [-0.2, -0.15) is 0 Å². The van der Waals surface area contributed by atoms with Crippen LogP contribution < -0.4 is 0 Å². The Morgan fingerprint density at radius 2 is 2.60 bits per heavy atom. The Balaban J connectivity index is 2.28.